The molecule has 152 valence electrons. The average Bonchev–Trinajstić information content (AvgIpc) is 2.40. The fraction of sp³-hybridized carbons (Fsp3) is 0.929. The van der Waals surface area contributed by atoms with Crippen molar-refractivity contribution in [3.05, 3.63) is 0 Å². The van der Waals surface area contributed by atoms with Gasteiger partial charge in [-0.25, -0.2) is 8.42 Å². The summed E-state index contributed by atoms with van der Waals surface area (Å²) >= 11 is 0. The minimum absolute atomic E-state index is 0. The number of carbonyl (C=O) groups is 1. The van der Waals surface area contributed by atoms with Crippen LogP contribution in [0.4, 0.5) is 22.0 Å². The Balaban J connectivity index is 0.00000182. The molecule has 6 nitrogen and oxygen atoms in total. The molecular weight excluding hydrogens is 414 g/mol. The fourth-order valence-electron chi connectivity index (χ4n) is 5.05. The summed E-state index contributed by atoms with van der Waals surface area (Å²) in [7, 11) is -6.67. The van der Waals surface area contributed by atoms with E-state index in [1.807, 2.05) is 0 Å². The van der Waals surface area contributed by atoms with E-state index in [1.165, 1.54) is 0 Å². The van der Waals surface area contributed by atoms with Crippen LogP contribution in [0.1, 0.15) is 38.5 Å². The van der Waals surface area contributed by atoms with E-state index in [9.17, 15) is 39.7 Å². The van der Waals surface area contributed by atoms with Crippen molar-refractivity contribution in [1.82, 2.24) is 0 Å². The van der Waals surface area contributed by atoms with Crippen LogP contribution in [0.2, 0.25) is 0 Å². The largest absolute Gasteiger partial charge is 1.00 e. The number of carbonyl (C=O) groups excluding carboxylic acids is 1. The quantitative estimate of drug-likeness (QED) is 0.245. The predicted molar refractivity (Wildman–Crippen MR) is 74.8 cm³/mol. The Labute approximate surface area is 174 Å². The summed E-state index contributed by atoms with van der Waals surface area (Å²) in [6, 6.07) is 0. The molecule has 0 aromatic heterocycles. The molecule has 0 aromatic carbocycles. The van der Waals surface area contributed by atoms with Gasteiger partial charge in [0, 0.05) is 0 Å². The fourth-order valence-corrected chi connectivity index (χ4v) is 5.49. The van der Waals surface area contributed by atoms with E-state index in [0.717, 1.165) is 19.3 Å². The van der Waals surface area contributed by atoms with Crippen LogP contribution < -0.4 is 29.6 Å². The molecule has 0 heterocycles. The molecule has 4 aliphatic rings. The zero-order valence-electron chi connectivity index (χ0n) is 14.4. The molecule has 0 amide bonds. The van der Waals surface area contributed by atoms with Gasteiger partial charge in [-0.05, 0) is 56.3 Å². The molecular formula is C14H18F5NaO6S. The molecule has 0 spiro atoms. The normalized spacial score (nSPS) is 33.6. The summed E-state index contributed by atoms with van der Waals surface area (Å²) in [5, 5.41) is -5.79. The standard InChI is InChI=1S/C14H17F5O5S.Na.H2O/c15-13(16,17)10(14(18,19)25(21,22)23)24-11(20)12-4-7-1-8(5-12)3-9(2-7)6-12;;/h7-10H,1-6H2,(H,21,22,23);;1H2/q;+1;/p-1. The van der Waals surface area contributed by atoms with Crippen molar-refractivity contribution in [3.63, 3.8) is 0 Å². The zero-order valence-corrected chi connectivity index (χ0v) is 17.2. The third-order valence-electron chi connectivity index (χ3n) is 5.63. The van der Waals surface area contributed by atoms with Gasteiger partial charge < -0.3 is 14.8 Å². The van der Waals surface area contributed by atoms with Crippen molar-refractivity contribution in [2.45, 2.75) is 56.1 Å². The number of halogens is 5. The Hall–Kier alpha value is -0.0100. The summed E-state index contributed by atoms with van der Waals surface area (Å²) in [4.78, 5) is 12.4. The van der Waals surface area contributed by atoms with Crippen molar-refractivity contribution in [2.75, 3.05) is 0 Å². The first-order valence-electron chi connectivity index (χ1n) is 7.86. The monoisotopic (exact) mass is 432 g/mol. The topological polar surface area (TPSA) is 115 Å². The third kappa shape index (κ3) is 4.45. The summed E-state index contributed by atoms with van der Waals surface area (Å²) in [6.07, 6.45) is -6.91. The number of hydrogen-bond acceptors (Lipinski definition) is 5. The molecule has 1 unspecified atom stereocenters. The minimum atomic E-state index is -6.67. The van der Waals surface area contributed by atoms with Crippen LogP contribution in [0, 0.1) is 23.2 Å². The van der Waals surface area contributed by atoms with Crippen LogP contribution in [0.5, 0.6) is 0 Å². The number of esters is 1. The van der Waals surface area contributed by atoms with Gasteiger partial charge in [-0.1, -0.05) is 0 Å². The number of rotatable bonds is 4. The third-order valence-corrected chi connectivity index (χ3v) is 6.51. The number of ether oxygens (including phenoxy) is 1. The van der Waals surface area contributed by atoms with Gasteiger partial charge in [0.25, 0.3) is 6.10 Å². The van der Waals surface area contributed by atoms with Crippen LogP contribution in [0.3, 0.4) is 0 Å². The maximum Gasteiger partial charge on any atom is 1.00 e. The molecule has 4 saturated carbocycles. The van der Waals surface area contributed by atoms with Crippen molar-refractivity contribution in [1.29, 1.82) is 0 Å². The maximum absolute atomic E-state index is 13.5. The van der Waals surface area contributed by atoms with Gasteiger partial charge >= 0.3 is 47.0 Å². The Morgan fingerprint density at radius 1 is 1.00 bits per heavy atom. The maximum atomic E-state index is 13.5. The van der Waals surface area contributed by atoms with Crippen molar-refractivity contribution in [3.8, 4) is 0 Å². The van der Waals surface area contributed by atoms with Gasteiger partial charge in [0.05, 0.1) is 5.41 Å². The summed E-state index contributed by atoms with van der Waals surface area (Å²) in [6.45, 7) is 0. The van der Waals surface area contributed by atoms with Crippen molar-refractivity contribution < 1.29 is 79.5 Å². The van der Waals surface area contributed by atoms with E-state index in [0.29, 0.717) is 0 Å². The molecule has 1 atom stereocenters. The number of hydrogen-bond donors (Lipinski definition) is 0. The second-order valence-corrected chi connectivity index (χ2v) is 8.99. The molecule has 27 heavy (non-hydrogen) atoms. The van der Waals surface area contributed by atoms with E-state index in [1.54, 1.807) is 0 Å². The van der Waals surface area contributed by atoms with Crippen LogP contribution in [0.15, 0.2) is 0 Å². The summed E-state index contributed by atoms with van der Waals surface area (Å²) in [5.74, 6) is -1.08. The van der Waals surface area contributed by atoms with Crippen molar-refractivity contribution >= 4 is 16.1 Å². The first kappa shape index (κ1) is 25.0. The minimum Gasteiger partial charge on any atom is -0.743 e. The Morgan fingerprint density at radius 3 is 1.67 bits per heavy atom. The van der Waals surface area contributed by atoms with Gasteiger partial charge in [-0.15, -0.1) is 0 Å². The van der Waals surface area contributed by atoms with Crippen LogP contribution in [-0.2, 0) is 19.6 Å². The van der Waals surface area contributed by atoms with Gasteiger partial charge in [0.15, 0.2) is 10.1 Å². The molecule has 0 saturated heterocycles. The molecule has 4 fully saturated rings. The zero-order chi connectivity index (χ0) is 18.8. The molecule has 0 aromatic rings. The summed E-state index contributed by atoms with van der Waals surface area (Å²) < 4.78 is 102. The van der Waals surface area contributed by atoms with E-state index >= 15 is 0 Å². The SMILES string of the molecule is O.O=C(OC(C(F)(F)F)C(F)(F)S(=O)(=O)[O-])C12CC3CC(CC(C3)C1)C2.[Na+]. The molecule has 4 aliphatic carbocycles. The molecule has 4 bridgehead atoms. The predicted octanol–water partition coefficient (Wildman–Crippen LogP) is -1.01. The van der Waals surface area contributed by atoms with Crippen LogP contribution in [0.25, 0.3) is 0 Å². The van der Waals surface area contributed by atoms with E-state index in [2.05, 4.69) is 4.74 Å². The molecule has 4 rings (SSSR count). The molecule has 13 heteroatoms. The van der Waals surface area contributed by atoms with Gasteiger partial charge in [0.2, 0.25) is 0 Å². The van der Waals surface area contributed by atoms with Gasteiger partial charge in [-0.3, -0.25) is 4.79 Å². The molecule has 2 N–H and O–H groups in total. The van der Waals surface area contributed by atoms with E-state index < -0.39 is 39.0 Å². The van der Waals surface area contributed by atoms with Gasteiger partial charge in [-0.2, -0.15) is 22.0 Å². The number of alkyl halides is 5. The van der Waals surface area contributed by atoms with Crippen molar-refractivity contribution in [2.24, 2.45) is 23.2 Å². The molecule has 0 aliphatic heterocycles. The Bertz CT molecular complexity index is 645. The Kier molecular flexibility index (Phi) is 7.11. The van der Waals surface area contributed by atoms with Gasteiger partial charge in [0.1, 0.15) is 0 Å². The molecule has 0 radical (unpaired) electrons. The second kappa shape index (κ2) is 7.67. The average molecular weight is 432 g/mol. The van der Waals surface area contributed by atoms with Crippen LogP contribution in [-0.4, -0.2) is 42.0 Å². The smallest absolute Gasteiger partial charge is 0.743 e. The van der Waals surface area contributed by atoms with Crippen LogP contribution >= 0.6 is 0 Å². The first-order chi connectivity index (χ1) is 11.2. The first-order valence-corrected chi connectivity index (χ1v) is 9.26. The van der Waals surface area contributed by atoms with E-state index in [4.69, 9.17) is 0 Å². The Morgan fingerprint density at radius 2 is 1.37 bits per heavy atom. The summed E-state index contributed by atoms with van der Waals surface area (Å²) in [5.41, 5.74) is -1.29. The second-order valence-electron chi connectivity index (χ2n) is 7.54. The van der Waals surface area contributed by atoms with E-state index in [-0.39, 0.29) is 72.0 Å².